The second-order valence-electron chi connectivity index (χ2n) is 12.9. The Morgan fingerprint density at radius 1 is 0.750 bits per heavy atom. The number of hydrogen-bond donors (Lipinski definition) is 2. The second-order valence-corrected chi connectivity index (χ2v) is 12.9. The summed E-state index contributed by atoms with van der Waals surface area (Å²) in [5, 5.41) is 21.5. The van der Waals surface area contributed by atoms with Crippen LogP contribution >= 0.6 is 0 Å². The van der Waals surface area contributed by atoms with Crippen LogP contribution in [0.1, 0.15) is 106 Å². The van der Waals surface area contributed by atoms with Crippen molar-refractivity contribution in [3.05, 3.63) is 0 Å². The molecule has 3 heteroatoms. The van der Waals surface area contributed by atoms with E-state index in [0.717, 1.165) is 24.7 Å². The van der Waals surface area contributed by atoms with Crippen LogP contribution in [0.5, 0.6) is 0 Å². The molecule has 0 aromatic heterocycles. The smallest absolute Gasteiger partial charge is 0.0752 e. The minimum absolute atomic E-state index is 0. The molecule has 2 atom stereocenters. The average molecular weight is 389 g/mol. The molecule has 0 aromatic carbocycles. The molecule has 161 valence electrons. The van der Waals surface area contributed by atoms with Gasteiger partial charge in [-0.1, -0.05) is 61.3 Å². The molecule has 0 aromatic rings. The van der Waals surface area contributed by atoms with Crippen molar-refractivity contribution in [3.8, 4) is 0 Å². The van der Waals surface area contributed by atoms with E-state index in [0.29, 0.717) is 17.8 Å². The van der Waals surface area contributed by atoms with E-state index in [-0.39, 0.29) is 24.8 Å². The lowest BCUT2D eigenvalue weighted by molar-refractivity contribution is -0.223. The van der Waals surface area contributed by atoms with E-state index >= 15 is 0 Å². The molecule has 0 aliphatic heterocycles. The Labute approximate surface area is 176 Å². The third kappa shape index (κ3) is 4.22. The van der Waals surface area contributed by atoms with Crippen molar-refractivity contribution in [3.63, 3.8) is 0 Å². The van der Waals surface area contributed by atoms with Crippen LogP contribution < -0.4 is 0 Å². The molecular weight excluding hydrogens is 343 g/mol. The molecule has 4 bridgehead atoms. The summed E-state index contributed by atoms with van der Waals surface area (Å²) in [6.45, 7) is 15.4. The molecule has 28 heavy (non-hydrogen) atoms. The van der Waals surface area contributed by atoms with Crippen molar-refractivity contribution in [2.45, 2.75) is 117 Å². The van der Waals surface area contributed by atoms with Crippen LogP contribution in [0.15, 0.2) is 0 Å². The standard InChI is InChI=1S/C14H24O.C11H22O.B/c1-13(2,3)14(15)11-5-9-4-10(7-11)8-12(14)6-9;1-9-6-5-7-11(12,8-9)10(2,3)4;/h9-12,15H,4-8H2,1-3H3;9,12H,5-8H2,1-4H3;/t;9-,11+;/m.1./s1. The highest BCUT2D eigenvalue weighted by atomic mass is 16.3. The molecule has 0 spiro atoms. The third-order valence-corrected chi connectivity index (χ3v) is 8.95. The lowest BCUT2D eigenvalue weighted by Crippen LogP contribution is -2.63. The summed E-state index contributed by atoms with van der Waals surface area (Å²) in [6.07, 6.45) is 11.1. The molecule has 5 fully saturated rings. The van der Waals surface area contributed by atoms with Gasteiger partial charge >= 0.3 is 0 Å². The maximum Gasteiger partial charge on any atom is 0.0752 e. The minimum Gasteiger partial charge on any atom is -0.389 e. The van der Waals surface area contributed by atoms with Gasteiger partial charge in [0.05, 0.1) is 11.2 Å². The van der Waals surface area contributed by atoms with Crippen LogP contribution in [0.2, 0.25) is 0 Å². The van der Waals surface area contributed by atoms with Crippen LogP contribution in [0.3, 0.4) is 0 Å². The maximum atomic E-state index is 11.1. The fourth-order valence-electron chi connectivity index (χ4n) is 7.33. The van der Waals surface area contributed by atoms with Crippen LogP contribution in [-0.4, -0.2) is 29.8 Å². The van der Waals surface area contributed by atoms with E-state index in [1.807, 2.05) is 0 Å². The topological polar surface area (TPSA) is 40.5 Å². The highest BCUT2D eigenvalue weighted by Gasteiger charge is 2.60. The molecule has 3 radical (unpaired) electrons. The van der Waals surface area contributed by atoms with Crippen molar-refractivity contribution < 1.29 is 10.2 Å². The van der Waals surface area contributed by atoms with Crippen LogP contribution in [0.4, 0.5) is 0 Å². The van der Waals surface area contributed by atoms with Gasteiger partial charge in [-0.15, -0.1) is 0 Å². The van der Waals surface area contributed by atoms with Crippen molar-refractivity contribution in [1.82, 2.24) is 0 Å². The van der Waals surface area contributed by atoms with Gasteiger partial charge in [0.15, 0.2) is 0 Å². The molecule has 5 saturated carbocycles. The first-order valence-electron chi connectivity index (χ1n) is 11.7. The Morgan fingerprint density at radius 2 is 1.21 bits per heavy atom. The van der Waals surface area contributed by atoms with E-state index in [4.69, 9.17) is 0 Å². The molecule has 2 N–H and O–H groups in total. The number of rotatable bonds is 0. The molecule has 0 amide bonds. The minimum atomic E-state index is -0.412. The van der Waals surface area contributed by atoms with E-state index in [9.17, 15) is 10.2 Å². The lowest BCUT2D eigenvalue weighted by Gasteiger charge is -2.63. The van der Waals surface area contributed by atoms with Crippen molar-refractivity contribution in [2.24, 2.45) is 40.4 Å². The van der Waals surface area contributed by atoms with Crippen LogP contribution in [0.25, 0.3) is 0 Å². The fourth-order valence-corrected chi connectivity index (χ4v) is 7.33. The molecular formula is C25H46BO2. The van der Waals surface area contributed by atoms with Gasteiger partial charge in [-0.2, -0.15) is 0 Å². The summed E-state index contributed by atoms with van der Waals surface area (Å²) in [7, 11) is 0. The highest BCUT2D eigenvalue weighted by Crippen LogP contribution is 2.62. The lowest BCUT2D eigenvalue weighted by atomic mass is 9.45. The van der Waals surface area contributed by atoms with Crippen LogP contribution in [-0.2, 0) is 0 Å². The van der Waals surface area contributed by atoms with Gasteiger partial charge in [0.2, 0.25) is 0 Å². The first-order valence-corrected chi connectivity index (χ1v) is 11.7. The van der Waals surface area contributed by atoms with Gasteiger partial charge in [-0.05, 0) is 85.4 Å². The van der Waals surface area contributed by atoms with Crippen molar-refractivity contribution >= 4 is 8.41 Å². The molecule has 0 saturated heterocycles. The first-order chi connectivity index (χ1) is 12.3. The average Bonchev–Trinajstić information content (AvgIpc) is 2.50. The Bertz CT molecular complexity index is 502. The van der Waals surface area contributed by atoms with E-state index < -0.39 is 5.60 Å². The zero-order valence-electron chi connectivity index (χ0n) is 19.7. The summed E-state index contributed by atoms with van der Waals surface area (Å²) >= 11 is 0. The number of aliphatic hydroxyl groups is 2. The van der Waals surface area contributed by atoms with Gasteiger partial charge in [0.25, 0.3) is 0 Å². The van der Waals surface area contributed by atoms with Gasteiger partial charge < -0.3 is 10.2 Å². The predicted octanol–water partition coefficient (Wildman–Crippen LogP) is 5.81. The zero-order chi connectivity index (χ0) is 20.3. The van der Waals surface area contributed by atoms with Gasteiger partial charge in [-0.3, -0.25) is 0 Å². The summed E-state index contributed by atoms with van der Waals surface area (Å²) < 4.78 is 0. The van der Waals surface area contributed by atoms with E-state index in [2.05, 4.69) is 48.5 Å². The molecule has 0 unspecified atom stereocenters. The van der Waals surface area contributed by atoms with Crippen LogP contribution in [0, 0.1) is 40.4 Å². The molecule has 0 heterocycles. The summed E-state index contributed by atoms with van der Waals surface area (Å²) in [6, 6.07) is 0. The third-order valence-electron chi connectivity index (χ3n) is 8.95. The monoisotopic (exact) mass is 389 g/mol. The molecule has 2 nitrogen and oxygen atoms in total. The quantitative estimate of drug-likeness (QED) is 0.513. The first kappa shape index (κ1) is 24.3. The normalized spacial score (nSPS) is 45.1. The summed E-state index contributed by atoms with van der Waals surface area (Å²) in [5.74, 6) is 3.82. The van der Waals surface area contributed by atoms with Gasteiger partial charge in [-0.25, -0.2) is 0 Å². The van der Waals surface area contributed by atoms with Crippen molar-refractivity contribution in [2.75, 3.05) is 0 Å². The second kappa shape index (κ2) is 7.91. The fraction of sp³-hybridized carbons (Fsp3) is 1.00. The maximum absolute atomic E-state index is 11.1. The van der Waals surface area contributed by atoms with E-state index in [1.54, 1.807) is 0 Å². The Hall–Kier alpha value is -0.0151. The molecule has 5 rings (SSSR count). The Balaban J connectivity index is 0.000000199. The zero-order valence-corrected chi connectivity index (χ0v) is 19.7. The number of hydrogen-bond acceptors (Lipinski definition) is 2. The summed E-state index contributed by atoms with van der Waals surface area (Å²) in [4.78, 5) is 0. The molecule has 5 aliphatic carbocycles. The molecule has 5 aliphatic rings. The summed E-state index contributed by atoms with van der Waals surface area (Å²) in [5.41, 5.74) is -0.664. The SMILES string of the molecule is CC(C)(C)C1(O)C2CC3CC(C2)CC1C3.C[C@@H]1CCC[C@@](O)(C(C)(C)C)C1.[B]. The van der Waals surface area contributed by atoms with Gasteiger partial charge in [0.1, 0.15) is 0 Å². The Morgan fingerprint density at radius 3 is 1.54 bits per heavy atom. The van der Waals surface area contributed by atoms with Gasteiger partial charge in [0, 0.05) is 8.41 Å². The predicted molar refractivity (Wildman–Crippen MR) is 119 cm³/mol. The van der Waals surface area contributed by atoms with E-state index in [1.165, 1.54) is 44.9 Å². The largest absolute Gasteiger partial charge is 0.389 e. The highest BCUT2D eigenvalue weighted by molar-refractivity contribution is 5.75. The van der Waals surface area contributed by atoms with Crippen molar-refractivity contribution in [1.29, 1.82) is 0 Å². The Kier molecular flexibility index (Phi) is 6.86.